The smallest absolute Gasteiger partial charge is 0.326 e. The Labute approximate surface area is 182 Å². The number of H-pyrrole nitrogens is 2. The molecule has 1 aliphatic heterocycles. The lowest BCUT2D eigenvalue weighted by Crippen LogP contribution is -2.43. The van der Waals surface area contributed by atoms with Gasteiger partial charge in [-0.05, 0) is 38.8 Å². The van der Waals surface area contributed by atoms with E-state index in [-0.39, 0.29) is 23.4 Å². The van der Waals surface area contributed by atoms with Crippen molar-refractivity contribution < 1.29 is 4.79 Å². The highest BCUT2D eigenvalue weighted by molar-refractivity contribution is 7.99. The molecule has 1 atom stereocenters. The number of amides is 1. The number of imidazole rings is 1. The number of aromatic nitrogens is 6. The van der Waals surface area contributed by atoms with Gasteiger partial charge in [-0.15, -0.1) is 0 Å². The van der Waals surface area contributed by atoms with Gasteiger partial charge in [0.15, 0.2) is 5.16 Å². The molecular formula is C21H23N7O2S. The minimum Gasteiger partial charge on any atom is -0.346 e. The van der Waals surface area contributed by atoms with Gasteiger partial charge in [-0.1, -0.05) is 11.8 Å². The molecule has 1 aliphatic rings. The number of hydrogen-bond acceptors (Lipinski definition) is 6. The molecule has 0 aliphatic carbocycles. The topological polar surface area (TPSA) is 113 Å². The van der Waals surface area contributed by atoms with Crippen LogP contribution >= 0.6 is 11.8 Å². The minimum absolute atomic E-state index is 0.0406. The summed E-state index contributed by atoms with van der Waals surface area (Å²) in [5, 5.41) is 1.52. The van der Waals surface area contributed by atoms with Gasteiger partial charge in [0, 0.05) is 36.1 Å². The summed E-state index contributed by atoms with van der Waals surface area (Å²) < 4.78 is 1.80. The first-order chi connectivity index (χ1) is 15.0. The molecule has 0 unspecified atom stereocenters. The highest BCUT2D eigenvalue weighted by atomic mass is 32.2. The fraction of sp³-hybridized carbons (Fsp3) is 0.381. The van der Waals surface area contributed by atoms with E-state index in [2.05, 4.69) is 24.9 Å². The minimum atomic E-state index is -0.164. The molecule has 0 spiro atoms. The van der Waals surface area contributed by atoms with Gasteiger partial charge >= 0.3 is 5.69 Å². The summed E-state index contributed by atoms with van der Waals surface area (Å²) in [6, 6.07) is 3.76. The summed E-state index contributed by atoms with van der Waals surface area (Å²) >= 11 is 1.36. The van der Waals surface area contributed by atoms with Gasteiger partial charge in [-0.2, -0.15) is 0 Å². The lowest BCUT2D eigenvalue weighted by atomic mass is 10.1. The number of fused-ring (bicyclic) bond motifs is 3. The summed E-state index contributed by atoms with van der Waals surface area (Å²) in [5.41, 5.74) is 3.92. The molecule has 1 saturated heterocycles. The molecule has 2 N–H and O–H groups in total. The van der Waals surface area contributed by atoms with Crippen LogP contribution in [-0.4, -0.2) is 59.1 Å². The molecule has 0 radical (unpaired) electrons. The van der Waals surface area contributed by atoms with Crippen molar-refractivity contribution in [1.82, 2.24) is 34.4 Å². The zero-order chi connectivity index (χ0) is 21.5. The third-order valence-electron chi connectivity index (χ3n) is 5.66. The third-order valence-corrected chi connectivity index (χ3v) is 6.49. The maximum Gasteiger partial charge on any atom is 0.326 e. The second kappa shape index (κ2) is 7.84. The van der Waals surface area contributed by atoms with E-state index in [9.17, 15) is 9.59 Å². The predicted octanol–water partition coefficient (Wildman–Crippen LogP) is 2.57. The number of piperidine rings is 1. The van der Waals surface area contributed by atoms with Gasteiger partial charge in [-0.25, -0.2) is 19.7 Å². The van der Waals surface area contributed by atoms with Crippen LogP contribution in [0.1, 0.15) is 30.3 Å². The van der Waals surface area contributed by atoms with Crippen molar-refractivity contribution in [3.63, 3.8) is 0 Å². The predicted molar refractivity (Wildman–Crippen MR) is 119 cm³/mol. The number of nitrogens with zero attached hydrogens (tertiary/aromatic N) is 5. The van der Waals surface area contributed by atoms with Crippen LogP contribution < -0.4 is 5.69 Å². The number of carbonyl (C=O) groups excluding carboxylic acids is 1. The zero-order valence-electron chi connectivity index (χ0n) is 17.4. The van der Waals surface area contributed by atoms with Crippen LogP contribution in [0.5, 0.6) is 0 Å². The van der Waals surface area contributed by atoms with Crippen LogP contribution in [0.25, 0.3) is 22.1 Å². The molecule has 31 heavy (non-hydrogen) atoms. The Bertz CT molecular complexity index is 1320. The number of thioether (sulfide) groups is 1. The lowest BCUT2D eigenvalue weighted by Gasteiger charge is -2.33. The SMILES string of the molecule is Cc1cc(C)nc(SCC(=O)N2CCC[C@@H](n3c(=O)[nH]c4cnc5[nH]ccc5c43)C2)n1. The summed E-state index contributed by atoms with van der Waals surface area (Å²) in [6.07, 6.45) is 5.19. The lowest BCUT2D eigenvalue weighted by molar-refractivity contribution is -0.129. The Balaban J connectivity index is 1.37. The van der Waals surface area contributed by atoms with Gasteiger partial charge in [0.25, 0.3) is 0 Å². The summed E-state index contributed by atoms with van der Waals surface area (Å²) in [4.78, 5) is 46.7. The van der Waals surface area contributed by atoms with Crippen molar-refractivity contribution in [2.45, 2.75) is 37.9 Å². The van der Waals surface area contributed by atoms with Gasteiger partial charge in [0.1, 0.15) is 5.65 Å². The normalized spacial score (nSPS) is 17.0. The van der Waals surface area contributed by atoms with Crippen molar-refractivity contribution in [1.29, 1.82) is 0 Å². The maximum atomic E-state index is 12.9. The van der Waals surface area contributed by atoms with Gasteiger partial charge in [0.2, 0.25) is 5.91 Å². The van der Waals surface area contributed by atoms with E-state index < -0.39 is 0 Å². The molecule has 1 fully saturated rings. The first kappa shape index (κ1) is 19.8. The largest absolute Gasteiger partial charge is 0.346 e. The first-order valence-electron chi connectivity index (χ1n) is 10.3. The quantitative estimate of drug-likeness (QED) is 0.375. The molecule has 160 valence electrons. The highest BCUT2D eigenvalue weighted by Gasteiger charge is 2.28. The second-order valence-corrected chi connectivity index (χ2v) is 8.86. The van der Waals surface area contributed by atoms with Crippen molar-refractivity contribution in [2.75, 3.05) is 18.8 Å². The Morgan fingerprint density at radius 2 is 2.10 bits per heavy atom. The van der Waals surface area contributed by atoms with E-state index in [1.165, 1.54) is 11.8 Å². The van der Waals surface area contributed by atoms with E-state index in [1.54, 1.807) is 10.8 Å². The number of nitrogens with one attached hydrogen (secondary N) is 2. The monoisotopic (exact) mass is 437 g/mol. The van der Waals surface area contributed by atoms with E-state index in [4.69, 9.17) is 0 Å². The molecule has 0 aromatic carbocycles. The van der Waals surface area contributed by atoms with Gasteiger partial charge < -0.3 is 14.9 Å². The Morgan fingerprint density at radius 3 is 2.90 bits per heavy atom. The van der Waals surface area contributed by atoms with Crippen molar-refractivity contribution in [3.05, 3.63) is 46.4 Å². The fourth-order valence-electron chi connectivity index (χ4n) is 4.34. The molecular weight excluding hydrogens is 414 g/mol. The van der Waals surface area contributed by atoms with Crippen LogP contribution in [0, 0.1) is 13.8 Å². The number of aromatic amines is 2. The number of hydrogen-bond donors (Lipinski definition) is 2. The number of aryl methyl sites for hydroxylation is 2. The van der Waals surface area contributed by atoms with Crippen LogP contribution in [-0.2, 0) is 4.79 Å². The Hall–Kier alpha value is -3.14. The van der Waals surface area contributed by atoms with Gasteiger partial charge in [-0.3, -0.25) is 9.36 Å². The van der Waals surface area contributed by atoms with Crippen molar-refractivity contribution in [3.8, 4) is 0 Å². The van der Waals surface area contributed by atoms with Crippen molar-refractivity contribution >= 4 is 39.7 Å². The first-order valence-corrected chi connectivity index (χ1v) is 11.3. The molecule has 5 rings (SSSR count). The standard InChI is InChI=1S/C21H23N7O2S/c1-12-8-13(2)25-20(24-12)31-11-17(29)27-7-3-4-14(10-27)28-18-15-5-6-22-19(15)23-9-16(18)26-21(28)30/h5-6,8-9,14H,3-4,7,10-11H2,1-2H3,(H,22,23)(H,26,30)/t14-/m1/s1. The molecule has 0 bridgehead atoms. The molecule has 4 aromatic heterocycles. The van der Waals surface area contributed by atoms with E-state index >= 15 is 0 Å². The van der Waals surface area contributed by atoms with E-state index in [0.29, 0.717) is 23.8 Å². The molecule has 10 heteroatoms. The molecule has 1 amide bonds. The van der Waals surface area contributed by atoms with Crippen molar-refractivity contribution in [2.24, 2.45) is 0 Å². The average molecular weight is 438 g/mol. The number of carbonyl (C=O) groups is 1. The highest BCUT2D eigenvalue weighted by Crippen LogP contribution is 2.28. The maximum absolute atomic E-state index is 12.9. The Kier molecular flexibility index (Phi) is 5.01. The van der Waals surface area contributed by atoms with Crippen LogP contribution in [0.15, 0.2) is 34.5 Å². The molecule has 0 saturated carbocycles. The van der Waals surface area contributed by atoms with E-state index in [0.717, 1.165) is 40.8 Å². The van der Waals surface area contributed by atoms with Crippen LogP contribution in [0.2, 0.25) is 0 Å². The molecule has 4 aromatic rings. The Morgan fingerprint density at radius 1 is 1.29 bits per heavy atom. The van der Waals surface area contributed by atoms with E-state index in [1.807, 2.05) is 37.1 Å². The van der Waals surface area contributed by atoms with Gasteiger partial charge in [0.05, 0.1) is 29.0 Å². The average Bonchev–Trinajstić information content (AvgIpc) is 3.34. The third kappa shape index (κ3) is 3.71. The zero-order valence-corrected chi connectivity index (χ0v) is 18.2. The van der Waals surface area contributed by atoms with Crippen LogP contribution in [0.4, 0.5) is 0 Å². The second-order valence-electron chi connectivity index (χ2n) is 7.92. The molecule has 9 nitrogen and oxygen atoms in total. The van der Waals surface area contributed by atoms with Crippen LogP contribution in [0.3, 0.4) is 0 Å². The summed E-state index contributed by atoms with van der Waals surface area (Å²) in [7, 11) is 0. The summed E-state index contributed by atoms with van der Waals surface area (Å²) in [6.45, 7) is 5.05. The number of pyridine rings is 1. The molecule has 5 heterocycles. The number of likely N-dealkylation sites (tertiary alicyclic amines) is 1. The summed E-state index contributed by atoms with van der Waals surface area (Å²) in [5.74, 6) is 0.323. The number of rotatable bonds is 4. The fourth-order valence-corrected chi connectivity index (χ4v) is 5.19.